The molecule has 1 aromatic carbocycles. The predicted octanol–water partition coefficient (Wildman–Crippen LogP) is 2.47. The highest BCUT2D eigenvalue weighted by molar-refractivity contribution is 5.69. The summed E-state index contributed by atoms with van der Waals surface area (Å²) < 4.78 is 10.9. The molecule has 1 fully saturated rings. The van der Waals surface area contributed by atoms with E-state index in [1.165, 1.54) is 0 Å². The van der Waals surface area contributed by atoms with Gasteiger partial charge in [-0.05, 0) is 12.5 Å². The highest BCUT2D eigenvalue weighted by atomic mass is 16.6. The molecule has 0 saturated carbocycles. The topological polar surface area (TPSA) is 55.8 Å². The van der Waals surface area contributed by atoms with Gasteiger partial charge in [-0.15, -0.1) is 0 Å². The Bertz CT molecular complexity index is 528. The summed E-state index contributed by atoms with van der Waals surface area (Å²) >= 11 is 0. The molecule has 1 amide bonds. The van der Waals surface area contributed by atoms with E-state index in [0.717, 1.165) is 11.8 Å². The van der Waals surface area contributed by atoms with Crippen LogP contribution in [0.5, 0.6) is 0 Å². The van der Waals surface area contributed by atoms with Crippen LogP contribution >= 0.6 is 0 Å². The second-order valence-electron chi connectivity index (χ2n) is 5.07. The largest absolute Gasteiger partial charge is 0.416 e. The Morgan fingerprint density at radius 3 is 2.81 bits per heavy atom. The van der Waals surface area contributed by atoms with Crippen molar-refractivity contribution < 1.29 is 19.1 Å². The molecule has 5 heteroatoms. The van der Waals surface area contributed by atoms with Crippen molar-refractivity contribution in [3.63, 3.8) is 0 Å². The molecular weight excluding hydrogens is 270 g/mol. The number of nitrogens with zero attached hydrogens (tertiary/aromatic N) is 1. The smallest absolute Gasteiger partial charge is 0.415 e. The van der Waals surface area contributed by atoms with Crippen LogP contribution in [0.2, 0.25) is 0 Å². The summed E-state index contributed by atoms with van der Waals surface area (Å²) in [6, 6.07) is 9.47. The number of hydrogen-bond donors (Lipinski definition) is 0. The van der Waals surface area contributed by atoms with Crippen LogP contribution in [0.15, 0.2) is 42.7 Å². The lowest BCUT2D eigenvalue weighted by Crippen LogP contribution is -2.52. The number of allylic oxidation sites excluding steroid dienone is 1. The summed E-state index contributed by atoms with van der Waals surface area (Å²) in [6.07, 6.45) is 0.547. The zero-order valence-corrected chi connectivity index (χ0v) is 12.1. The van der Waals surface area contributed by atoms with E-state index in [9.17, 15) is 9.59 Å². The van der Waals surface area contributed by atoms with Crippen LogP contribution in [-0.4, -0.2) is 37.0 Å². The summed E-state index contributed by atoms with van der Waals surface area (Å²) in [6.45, 7) is 6.25. The van der Waals surface area contributed by atoms with Gasteiger partial charge in [-0.1, -0.05) is 36.9 Å². The van der Waals surface area contributed by atoms with E-state index < -0.39 is 11.7 Å². The van der Waals surface area contributed by atoms with Crippen molar-refractivity contribution in [2.45, 2.75) is 18.9 Å². The lowest BCUT2D eigenvalue weighted by Gasteiger charge is -2.41. The third kappa shape index (κ3) is 3.49. The van der Waals surface area contributed by atoms with E-state index in [-0.39, 0.29) is 13.0 Å². The number of hydrogen-bond acceptors (Lipinski definition) is 4. The first kappa shape index (κ1) is 15.3. The molecule has 21 heavy (non-hydrogen) atoms. The lowest BCUT2D eigenvalue weighted by atomic mass is 9.89. The van der Waals surface area contributed by atoms with Crippen LogP contribution < -0.4 is 0 Å². The predicted molar refractivity (Wildman–Crippen MR) is 77.6 cm³/mol. The summed E-state index contributed by atoms with van der Waals surface area (Å²) in [5, 5.41) is 0. The molecule has 0 N–H and O–H groups in total. The van der Waals surface area contributed by atoms with Gasteiger partial charge < -0.3 is 19.2 Å². The molecule has 1 aliphatic rings. The Labute approximate surface area is 124 Å². The molecule has 0 bridgehead atoms. The number of ether oxygens (including phenoxy) is 2. The van der Waals surface area contributed by atoms with Crippen LogP contribution in [0.25, 0.3) is 0 Å². The van der Waals surface area contributed by atoms with Crippen LogP contribution in [0.4, 0.5) is 4.79 Å². The highest BCUT2D eigenvalue weighted by Crippen LogP contribution is 2.32. The van der Waals surface area contributed by atoms with Crippen molar-refractivity contribution in [3.05, 3.63) is 48.2 Å². The molecule has 0 radical (unpaired) electrons. The van der Waals surface area contributed by atoms with Gasteiger partial charge in [0.1, 0.15) is 11.9 Å². The zero-order valence-electron chi connectivity index (χ0n) is 12.1. The van der Waals surface area contributed by atoms with E-state index in [1.807, 2.05) is 30.3 Å². The molecule has 0 spiro atoms. The molecule has 1 aliphatic heterocycles. The number of aldehydes is 1. The fourth-order valence-electron chi connectivity index (χ4n) is 2.45. The van der Waals surface area contributed by atoms with E-state index in [0.29, 0.717) is 18.9 Å². The normalized spacial score (nSPS) is 21.7. The minimum atomic E-state index is -0.810. The Morgan fingerprint density at radius 1 is 1.48 bits per heavy atom. The van der Waals surface area contributed by atoms with Crippen molar-refractivity contribution in [1.82, 2.24) is 4.90 Å². The van der Waals surface area contributed by atoms with Gasteiger partial charge in [0.2, 0.25) is 0 Å². The number of rotatable bonds is 4. The van der Waals surface area contributed by atoms with Crippen molar-refractivity contribution in [1.29, 1.82) is 0 Å². The van der Waals surface area contributed by atoms with Crippen molar-refractivity contribution in [3.8, 4) is 0 Å². The minimum absolute atomic E-state index is 0.188. The molecule has 2 rings (SSSR count). The molecule has 1 saturated heterocycles. The summed E-state index contributed by atoms with van der Waals surface area (Å²) in [7, 11) is 0. The van der Waals surface area contributed by atoms with Gasteiger partial charge in [0, 0.05) is 13.0 Å². The fraction of sp³-hybridized carbons (Fsp3) is 0.375. The maximum absolute atomic E-state index is 12.0. The van der Waals surface area contributed by atoms with E-state index in [2.05, 4.69) is 6.58 Å². The quantitative estimate of drug-likeness (QED) is 0.631. The molecule has 112 valence electrons. The van der Waals surface area contributed by atoms with E-state index in [1.54, 1.807) is 11.8 Å². The zero-order chi connectivity index (χ0) is 15.3. The molecule has 5 nitrogen and oxygen atoms in total. The molecule has 0 aromatic heterocycles. The standard InChI is InChI=1S/C16H19NO4/c1-13(2)21-15(19)17-9-11-20-16(12-17,8-10-18)14-6-4-3-5-7-14/h3-7,10H,1,8-9,11-12H2,2H3. The van der Waals surface area contributed by atoms with Gasteiger partial charge in [-0.2, -0.15) is 0 Å². The monoisotopic (exact) mass is 289 g/mol. The Hall–Kier alpha value is -2.14. The molecule has 1 heterocycles. The third-order valence-corrected chi connectivity index (χ3v) is 3.42. The Balaban J connectivity index is 2.23. The Morgan fingerprint density at radius 2 is 2.19 bits per heavy atom. The van der Waals surface area contributed by atoms with Crippen LogP contribution in [-0.2, 0) is 19.9 Å². The summed E-state index contributed by atoms with van der Waals surface area (Å²) in [5.41, 5.74) is 0.0694. The van der Waals surface area contributed by atoms with Gasteiger partial charge in [-0.25, -0.2) is 4.79 Å². The SMILES string of the molecule is C=C(C)OC(=O)N1CCOC(CC=O)(c2ccccc2)C1. The average Bonchev–Trinajstić information content (AvgIpc) is 2.48. The van der Waals surface area contributed by atoms with Crippen LogP contribution in [0, 0.1) is 0 Å². The van der Waals surface area contributed by atoms with E-state index in [4.69, 9.17) is 9.47 Å². The van der Waals surface area contributed by atoms with Crippen molar-refractivity contribution in [2.75, 3.05) is 19.7 Å². The van der Waals surface area contributed by atoms with Gasteiger partial charge in [0.05, 0.1) is 18.9 Å². The number of amides is 1. The number of benzene rings is 1. The lowest BCUT2D eigenvalue weighted by molar-refractivity contribution is -0.130. The number of carbonyl (C=O) groups excluding carboxylic acids is 2. The third-order valence-electron chi connectivity index (χ3n) is 3.42. The fourth-order valence-corrected chi connectivity index (χ4v) is 2.45. The Kier molecular flexibility index (Phi) is 4.75. The van der Waals surface area contributed by atoms with Gasteiger partial charge >= 0.3 is 6.09 Å². The second kappa shape index (κ2) is 6.54. The van der Waals surface area contributed by atoms with Gasteiger partial charge in [-0.3, -0.25) is 0 Å². The molecule has 1 unspecified atom stereocenters. The van der Waals surface area contributed by atoms with E-state index >= 15 is 0 Å². The van der Waals surface area contributed by atoms with Gasteiger partial charge in [0.25, 0.3) is 0 Å². The first-order valence-electron chi connectivity index (χ1n) is 6.83. The second-order valence-corrected chi connectivity index (χ2v) is 5.07. The highest BCUT2D eigenvalue weighted by Gasteiger charge is 2.40. The average molecular weight is 289 g/mol. The van der Waals surface area contributed by atoms with Crippen molar-refractivity contribution in [2.24, 2.45) is 0 Å². The van der Waals surface area contributed by atoms with Gasteiger partial charge in [0.15, 0.2) is 0 Å². The van der Waals surface area contributed by atoms with Crippen molar-refractivity contribution >= 4 is 12.4 Å². The first-order chi connectivity index (χ1) is 10.1. The summed E-state index contributed by atoms with van der Waals surface area (Å²) in [5.74, 6) is 0.340. The summed E-state index contributed by atoms with van der Waals surface area (Å²) in [4.78, 5) is 24.7. The first-order valence-corrected chi connectivity index (χ1v) is 6.83. The maximum atomic E-state index is 12.0. The molecular formula is C16H19NO4. The molecule has 0 aliphatic carbocycles. The van der Waals surface area contributed by atoms with Crippen LogP contribution in [0.1, 0.15) is 18.9 Å². The molecule has 1 atom stereocenters. The number of carbonyl (C=O) groups is 2. The maximum Gasteiger partial charge on any atom is 0.415 e. The minimum Gasteiger partial charge on any atom is -0.416 e. The number of morpholine rings is 1. The molecule has 1 aromatic rings. The van der Waals surface area contributed by atoms with Crippen LogP contribution in [0.3, 0.4) is 0 Å².